The van der Waals surface area contributed by atoms with Crippen LogP contribution in [0.3, 0.4) is 0 Å². The first kappa shape index (κ1) is 20.2. The lowest BCUT2D eigenvalue weighted by Gasteiger charge is -2.11. The maximum Gasteiger partial charge on any atom is 0.259 e. The van der Waals surface area contributed by atoms with Crippen molar-refractivity contribution in [2.75, 3.05) is 18.5 Å². The molecule has 0 spiro atoms. The van der Waals surface area contributed by atoms with Crippen LogP contribution < -0.4 is 14.8 Å². The lowest BCUT2D eigenvalue weighted by Crippen LogP contribution is -2.23. The van der Waals surface area contributed by atoms with Crippen molar-refractivity contribution in [3.63, 3.8) is 0 Å². The van der Waals surface area contributed by atoms with Crippen LogP contribution in [0.1, 0.15) is 17.3 Å². The van der Waals surface area contributed by atoms with Crippen LogP contribution in [-0.4, -0.2) is 27.5 Å². The summed E-state index contributed by atoms with van der Waals surface area (Å²) in [6, 6.07) is 11.1. The lowest BCUT2D eigenvalue weighted by atomic mass is 10.2. The van der Waals surface area contributed by atoms with Crippen molar-refractivity contribution in [2.45, 2.75) is 11.8 Å². The van der Waals surface area contributed by atoms with Gasteiger partial charge in [0.15, 0.2) is 0 Å². The van der Waals surface area contributed by atoms with Crippen LogP contribution in [0.4, 0.5) is 5.69 Å². The van der Waals surface area contributed by atoms with Crippen LogP contribution in [0.2, 0.25) is 0 Å². The fraction of sp³-hybridized carbons (Fsp3) is 0.167. The molecule has 0 bridgehead atoms. The highest BCUT2D eigenvalue weighted by atomic mass is 79.9. The van der Waals surface area contributed by atoms with Gasteiger partial charge in [0.2, 0.25) is 10.0 Å². The summed E-state index contributed by atoms with van der Waals surface area (Å²) in [7, 11) is -3.60. The predicted octanol–water partition coefficient (Wildman–Crippen LogP) is 3.56. The van der Waals surface area contributed by atoms with E-state index in [0.29, 0.717) is 23.6 Å². The average Bonchev–Trinajstić information content (AvgIpc) is 2.62. The number of hydrogen-bond donors (Lipinski definition) is 2. The number of halogens is 1. The van der Waals surface area contributed by atoms with Crippen LogP contribution >= 0.6 is 15.9 Å². The standard InChI is InChI=1S/C18H19BrN2O4S/c1-3-11-20-26(23,24)15-8-6-14(7-9-15)21-18(22)16-12-13(19)5-10-17(16)25-4-2/h3,5-10,12,20H,1,4,11H2,2H3,(H,21,22). The maximum atomic E-state index is 12.5. The molecule has 0 aliphatic rings. The molecule has 6 nitrogen and oxygen atoms in total. The van der Waals surface area contributed by atoms with Crippen molar-refractivity contribution in [3.8, 4) is 5.75 Å². The topological polar surface area (TPSA) is 84.5 Å². The zero-order valence-electron chi connectivity index (χ0n) is 14.2. The maximum absolute atomic E-state index is 12.5. The molecule has 26 heavy (non-hydrogen) atoms. The summed E-state index contributed by atoms with van der Waals surface area (Å²) in [6.07, 6.45) is 1.46. The normalized spacial score (nSPS) is 11.0. The Labute approximate surface area is 161 Å². The van der Waals surface area contributed by atoms with Crippen LogP contribution in [-0.2, 0) is 10.0 Å². The summed E-state index contributed by atoms with van der Waals surface area (Å²) in [6.45, 7) is 5.89. The van der Waals surface area contributed by atoms with Gasteiger partial charge in [-0.15, -0.1) is 6.58 Å². The largest absolute Gasteiger partial charge is 0.493 e. The molecular weight excluding hydrogens is 420 g/mol. The minimum absolute atomic E-state index is 0.106. The van der Waals surface area contributed by atoms with E-state index >= 15 is 0 Å². The Kier molecular flexibility index (Phi) is 6.96. The molecule has 2 rings (SSSR count). The molecule has 1 amide bonds. The zero-order valence-corrected chi connectivity index (χ0v) is 16.6. The predicted molar refractivity (Wildman–Crippen MR) is 105 cm³/mol. The third kappa shape index (κ3) is 5.17. The van der Waals surface area contributed by atoms with Crippen molar-refractivity contribution < 1.29 is 17.9 Å². The van der Waals surface area contributed by atoms with E-state index < -0.39 is 10.0 Å². The molecule has 0 fully saturated rings. The summed E-state index contributed by atoms with van der Waals surface area (Å²) >= 11 is 3.34. The van der Waals surface area contributed by atoms with Gasteiger partial charge in [0, 0.05) is 16.7 Å². The monoisotopic (exact) mass is 438 g/mol. The van der Waals surface area contributed by atoms with E-state index in [1.807, 2.05) is 6.92 Å². The first-order valence-electron chi connectivity index (χ1n) is 7.81. The van der Waals surface area contributed by atoms with Crippen molar-refractivity contribution in [2.24, 2.45) is 0 Å². The van der Waals surface area contributed by atoms with Crippen molar-refractivity contribution in [1.82, 2.24) is 4.72 Å². The molecule has 0 radical (unpaired) electrons. The van der Waals surface area contributed by atoms with Gasteiger partial charge in [0.05, 0.1) is 17.1 Å². The quantitative estimate of drug-likeness (QED) is 0.616. The van der Waals surface area contributed by atoms with Gasteiger partial charge in [-0.3, -0.25) is 4.79 Å². The summed E-state index contributed by atoms with van der Waals surface area (Å²) in [5, 5.41) is 2.73. The first-order chi connectivity index (χ1) is 12.4. The molecule has 0 atom stereocenters. The number of nitrogens with one attached hydrogen (secondary N) is 2. The number of benzene rings is 2. The van der Waals surface area contributed by atoms with Gasteiger partial charge in [0.25, 0.3) is 5.91 Å². The molecule has 0 saturated carbocycles. The highest BCUT2D eigenvalue weighted by Gasteiger charge is 2.15. The number of carbonyl (C=O) groups excluding carboxylic acids is 1. The zero-order chi connectivity index (χ0) is 19.2. The minimum Gasteiger partial charge on any atom is -0.493 e. The first-order valence-corrected chi connectivity index (χ1v) is 10.1. The van der Waals surface area contributed by atoms with Gasteiger partial charge in [-0.2, -0.15) is 0 Å². The molecule has 2 aromatic rings. The number of sulfonamides is 1. The highest BCUT2D eigenvalue weighted by molar-refractivity contribution is 9.10. The smallest absolute Gasteiger partial charge is 0.259 e. The van der Waals surface area contributed by atoms with Crippen molar-refractivity contribution in [3.05, 3.63) is 65.2 Å². The molecule has 0 saturated heterocycles. The van der Waals surface area contributed by atoms with Crippen molar-refractivity contribution in [1.29, 1.82) is 0 Å². The summed E-state index contributed by atoms with van der Waals surface area (Å²) in [4.78, 5) is 12.6. The van der Waals surface area contributed by atoms with E-state index in [1.165, 1.54) is 30.3 Å². The Balaban J connectivity index is 2.18. The number of ether oxygens (including phenoxy) is 1. The summed E-state index contributed by atoms with van der Waals surface area (Å²) in [5.41, 5.74) is 0.852. The molecule has 8 heteroatoms. The highest BCUT2D eigenvalue weighted by Crippen LogP contribution is 2.24. The molecular formula is C18H19BrN2O4S. The van der Waals surface area contributed by atoms with Gasteiger partial charge in [0.1, 0.15) is 5.75 Å². The van der Waals surface area contributed by atoms with Gasteiger partial charge in [-0.25, -0.2) is 13.1 Å². The minimum atomic E-state index is -3.60. The number of carbonyl (C=O) groups is 1. The van der Waals surface area contributed by atoms with E-state index in [-0.39, 0.29) is 17.3 Å². The van der Waals surface area contributed by atoms with Gasteiger partial charge >= 0.3 is 0 Å². The third-order valence-corrected chi connectivity index (χ3v) is 5.26. The fourth-order valence-corrected chi connectivity index (χ4v) is 3.49. The third-order valence-electron chi connectivity index (χ3n) is 3.33. The van der Waals surface area contributed by atoms with E-state index in [1.54, 1.807) is 18.2 Å². The van der Waals surface area contributed by atoms with E-state index in [9.17, 15) is 13.2 Å². The van der Waals surface area contributed by atoms with Gasteiger partial charge < -0.3 is 10.1 Å². The second-order valence-corrected chi connectivity index (χ2v) is 7.88. The Hall–Kier alpha value is -2.16. The summed E-state index contributed by atoms with van der Waals surface area (Å²) < 4.78 is 32.7. The molecule has 0 aliphatic carbocycles. The molecule has 2 aromatic carbocycles. The molecule has 0 unspecified atom stereocenters. The van der Waals surface area contributed by atoms with E-state index in [0.717, 1.165) is 4.47 Å². The van der Waals surface area contributed by atoms with Crippen LogP contribution in [0.25, 0.3) is 0 Å². The lowest BCUT2D eigenvalue weighted by molar-refractivity contribution is 0.102. The number of rotatable bonds is 8. The van der Waals surface area contributed by atoms with Crippen molar-refractivity contribution >= 4 is 37.5 Å². The van der Waals surface area contributed by atoms with Crippen LogP contribution in [0.15, 0.2) is 64.5 Å². The second kappa shape index (κ2) is 8.98. The summed E-state index contributed by atoms with van der Waals surface area (Å²) in [5.74, 6) is 0.121. The number of hydrogen-bond acceptors (Lipinski definition) is 4. The molecule has 138 valence electrons. The average molecular weight is 439 g/mol. The fourth-order valence-electron chi connectivity index (χ4n) is 2.13. The number of amides is 1. The van der Waals surface area contributed by atoms with Crippen LogP contribution in [0.5, 0.6) is 5.75 Å². The van der Waals surface area contributed by atoms with Gasteiger partial charge in [-0.05, 0) is 49.4 Å². The van der Waals surface area contributed by atoms with Crippen LogP contribution in [0, 0.1) is 0 Å². The molecule has 0 heterocycles. The molecule has 0 aromatic heterocycles. The Morgan fingerprint density at radius 3 is 2.54 bits per heavy atom. The van der Waals surface area contributed by atoms with Gasteiger partial charge in [-0.1, -0.05) is 22.0 Å². The molecule has 0 aliphatic heterocycles. The van der Waals surface area contributed by atoms with E-state index in [2.05, 4.69) is 32.5 Å². The Morgan fingerprint density at radius 2 is 1.92 bits per heavy atom. The molecule has 2 N–H and O–H groups in total. The Bertz CT molecular complexity index is 896. The SMILES string of the molecule is C=CCNS(=O)(=O)c1ccc(NC(=O)c2cc(Br)ccc2OCC)cc1. The number of anilines is 1. The Morgan fingerprint density at radius 1 is 1.23 bits per heavy atom. The second-order valence-electron chi connectivity index (χ2n) is 5.19. The van der Waals surface area contributed by atoms with E-state index in [4.69, 9.17) is 4.74 Å².